The van der Waals surface area contributed by atoms with Crippen molar-refractivity contribution in [2.24, 2.45) is 11.8 Å². The Morgan fingerprint density at radius 3 is 2.54 bits per heavy atom. The van der Waals surface area contributed by atoms with Crippen molar-refractivity contribution in [1.29, 1.82) is 0 Å². The summed E-state index contributed by atoms with van der Waals surface area (Å²) < 4.78 is 2.04. The minimum atomic E-state index is 0. The summed E-state index contributed by atoms with van der Waals surface area (Å²) in [7, 11) is 0. The van der Waals surface area contributed by atoms with Crippen LogP contribution in [-0.2, 0) is 12.8 Å². The molecule has 6 heteroatoms. The molecule has 2 saturated heterocycles. The van der Waals surface area contributed by atoms with E-state index in [1.54, 1.807) is 0 Å². The van der Waals surface area contributed by atoms with Crippen LogP contribution >= 0.6 is 12.4 Å². The monoisotopic (exact) mass is 400 g/mol. The second-order valence-corrected chi connectivity index (χ2v) is 8.37. The number of halogens is 1. The molecule has 2 aromatic rings. The molecule has 0 spiro atoms. The normalized spacial score (nSPS) is 23.7. The topological polar surface area (TPSA) is 50.2 Å². The molecule has 28 heavy (non-hydrogen) atoms. The van der Waals surface area contributed by atoms with E-state index in [4.69, 9.17) is 5.10 Å². The van der Waals surface area contributed by atoms with Crippen molar-refractivity contribution in [2.45, 2.75) is 39.0 Å². The molecule has 0 saturated carbocycles. The van der Waals surface area contributed by atoms with Crippen molar-refractivity contribution in [2.75, 3.05) is 26.2 Å². The van der Waals surface area contributed by atoms with Crippen molar-refractivity contribution in [3.05, 3.63) is 46.8 Å². The Labute approximate surface area is 172 Å². The lowest BCUT2D eigenvalue weighted by Gasteiger charge is -2.20. The maximum absolute atomic E-state index is 13.4. The smallest absolute Gasteiger partial charge is 0.274 e. The number of hydrogen-bond acceptors (Lipinski definition) is 3. The van der Waals surface area contributed by atoms with Crippen LogP contribution in [0.5, 0.6) is 0 Å². The van der Waals surface area contributed by atoms with Gasteiger partial charge in [0.2, 0.25) is 0 Å². The first kappa shape index (κ1) is 19.5. The molecule has 1 aromatic carbocycles. The van der Waals surface area contributed by atoms with Crippen LogP contribution in [0.1, 0.15) is 46.6 Å². The third kappa shape index (κ3) is 3.25. The molecule has 1 aromatic heterocycles. The van der Waals surface area contributed by atoms with Crippen LogP contribution in [0.2, 0.25) is 0 Å². The molecule has 5 rings (SSSR count). The van der Waals surface area contributed by atoms with E-state index >= 15 is 0 Å². The van der Waals surface area contributed by atoms with Crippen molar-refractivity contribution >= 4 is 18.3 Å². The van der Waals surface area contributed by atoms with Crippen LogP contribution in [0.25, 0.3) is 5.69 Å². The fourth-order valence-corrected chi connectivity index (χ4v) is 5.18. The molecular weight excluding hydrogens is 372 g/mol. The number of rotatable bonds is 2. The van der Waals surface area contributed by atoms with Crippen molar-refractivity contribution in [3.8, 4) is 5.69 Å². The van der Waals surface area contributed by atoms with Crippen LogP contribution in [0, 0.1) is 18.8 Å². The van der Waals surface area contributed by atoms with Crippen LogP contribution in [0.4, 0.5) is 0 Å². The number of aryl methyl sites for hydroxylation is 1. The van der Waals surface area contributed by atoms with Crippen LogP contribution in [0.15, 0.2) is 24.3 Å². The van der Waals surface area contributed by atoms with E-state index in [0.717, 1.165) is 75.8 Å². The lowest BCUT2D eigenvalue weighted by Crippen LogP contribution is -2.33. The fraction of sp³-hybridized carbons (Fsp3) is 0.545. The van der Waals surface area contributed by atoms with Crippen molar-refractivity contribution in [1.82, 2.24) is 20.0 Å². The van der Waals surface area contributed by atoms with E-state index in [2.05, 4.69) is 41.4 Å². The number of carbonyl (C=O) groups excluding carboxylic acids is 1. The molecule has 3 aliphatic rings. The van der Waals surface area contributed by atoms with E-state index in [1.165, 1.54) is 16.8 Å². The Hall–Kier alpha value is -1.85. The van der Waals surface area contributed by atoms with Crippen LogP contribution in [0.3, 0.4) is 0 Å². The predicted molar refractivity (Wildman–Crippen MR) is 113 cm³/mol. The van der Waals surface area contributed by atoms with Gasteiger partial charge in [-0.25, -0.2) is 4.68 Å². The summed E-state index contributed by atoms with van der Waals surface area (Å²) in [5.74, 6) is 1.62. The first-order chi connectivity index (χ1) is 13.2. The fourth-order valence-electron chi connectivity index (χ4n) is 5.18. The Morgan fingerprint density at radius 2 is 1.82 bits per heavy atom. The highest BCUT2D eigenvalue weighted by Crippen LogP contribution is 2.31. The molecule has 1 N–H and O–H groups in total. The van der Waals surface area contributed by atoms with Gasteiger partial charge in [-0.1, -0.05) is 18.2 Å². The summed E-state index contributed by atoms with van der Waals surface area (Å²) in [6.45, 7) is 6.08. The highest BCUT2D eigenvalue weighted by Gasteiger charge is 2.34. The summed E-state index contributed by atoms with van der Waals surface area (Å²) in [5, 5.41) is 8.36. The summed E-state index contributed by atoms with van der Waals surface area (Å²) in [5.41, 5.74) is 5.43. The maximum Gasteiger partial charge on any atom is 0.274 e. The predicted octanol–water partition coefficient (Wildman–Crippen LogP) is 3.16. The number of aromatic nitrogens is 2. The van der Waals surface area contributed by atoms with Crippen LogP contribution in [-0.4, -0.2) is 46.8 Å². The summed E-state index contributed by atoms with van der Waals surface area (Å²) >= 11 is 0. The van der Waals surface area contributed by atoms with Gasteiger partial charge < -0.3 is 10.2 Å². The van der Waals surface area contributed by atoms with Gasteiger partial charge in [-0.2, -0.15) is 5.10 Å². The molecule has 0 radical (unpaired) electrons. The molecule has 1 aliphatic carbocycles. The van der Waals surface area contributed by atoms with Crippen LogP contribution < -0.4 is 5.32 Å². The van der Waals surface area contributed by atoms with Gasteiger partial charge in [0.1, 0.15) is 0 Å². The summed E-state index contributed by atoms with van der Waals surface area (Å²) in [6, 6.07) is 8.32. The molecule has 3 heterocycles. The standard InChI is InChI=1S/C22H28N4O.ClH/c1-15-5-2-3-7-19(15)26-20-8-4-6-18(20)21(24-26)22(27)25-11-9-16-13-23-14-17(16)10-12-25;/h2-3,5,7,16-17,23H,4,6,8-14H2,1H3;1H/t16-,17+;. The van der Waals surface area contributed by atoms with Gasteiger partial charge in [0.15, 0.2) is 5.69 Å². The third-order valence-corrected chi connectivity index (χ3v) is 6.78. The zero-order valence-electron chi connectivity index (χ0n) is 16.5. The maximum atomic E-state index is 13.4. The van der Waals surface area contributed by atoms with Gasteiger partial charge in [-0.05, 0) is 75.6 Å². The SMILES string of the molecule is Cc1ccccc1-n1nc(C(=O)N2CC[C@@H]3CNC[C@@H]3CC2)c2c1CCC2.Cl. The molecule has 0 unspecified atom stereocenters. The minimum absolute atomic E-state index is 0. The van der Waals surface area contributed by atoms with E-state index in [9.17, 15) is 4.79 Å². The molecule has 5 nitrogen and oxygen atoms in total. The highest BCUT2D eigenvalue weighted by atomic mass is 35.5. The van der Waals surface area contributed by atoms with Gasteiger partial charge >= 0.3 is 0 Å². The molecule has 2 atom stereocenters. The Bertz CT molecular complexity index is 863. The third-order valence-electron chi connectivity index (χ3n) is 6.78. The van der Waals surface area contributed by atoms with E-state index in [1.807, 2.05) is 4.68 Å². The summed E-state index contributed by atoms with van der Waals surface area (Å²) in [4.78, 5) is 15.5. The number of fused-ring (bicyclic) bond motifs is 2. The average Bonchev–Trinajstić information content (AvgIpc) is 3.36. The van der Waals surface area contributed by atoms with Gasteiger partial charge in [0.05, 0.1) is 5.69 Å². The first-order valence-electron chi connectivity index (χ1n) is 10.4. The van der Waals surface area contributed by atoms with Gasteiger partial charge in [0, 0.05) is 24.3 Å². The quantitative estimate of drug-likeness (QED) is 0.842. The van der Waals surface area contributed by atoms with Gasteiger partial charge in [0.25, 0.3) is 5.91 Å². The summed E-state index contributed by atoms with van der Waals surface area (Å²) in [6.07, 6.45) is 5.34. The van der Waals surface area contributed by atoms with E-state index in [-0.39, 0.29) is 18.3 Å². The van der Waals surface area contributed by atoms with E-state index in [0.29, 0.717) is 5.69 Å². The molecular formula is C22H29ClN4O. The second kappa shape index (κ2) is 7.88. The zero-order chi connectivity index (χ0) is 18.4. The number of amides is 1. The number of benzene rings is 1. The lowest BCUT2D eigenvalue weighted by molar-refractivity contribution is 0.0751. The number of para-hydroxylation sites is 1. The largest absolute Gasteiger partial charge is 0.337 e. The second-order valence-electron chi connectivity index (χ2n) is 8.37. The Balaban J connectivity index is 0.00000192. The number of likely N-dealkylation sites (tertiary alicyclic amines) is 1. The minimum Gasteiger partial charge on any atom is -0.337 e. The number of carbonyl (C=O) groups is 1. The molecule has 2 aliphatic heterocycles. The number of hydrogen-bond donors (Lipinski definition) is 1. The van der Waals surface area contributed by atoms with Gasteiger partial charge in [-0.3, -0.25) is 4.79 Å². The molecule has 2 fully saturated rings. The molecule has 150 valence electrons. The lowest BCUT2D eigenvalue weighted by atomic mass is 9.92. The Kier molecular flexibility index (Phi) is 5.48. The first-order valence-corrected chi connectivity index (χ1v) is 10.4. The number of nitrogens with one attached hydrogen (secondary N) is 1. The zero-order valence-corrected chi connectivity index (χ0v) is 17.3. The highest BCUT2D eigenvalue weighted by molar-refractivity contribution is 5.94. The molecule has 1 amide bonds. The molecule has 0 bridgehead atoms. The van der Waals surface area contributed by atoms with Crippen molar-refractivity contribution < 1.29 is 4.79 Å². The van der Waals surface area contributed by atoms with Gasteiger partial charge in [-0.15, -0.1) is 12.4 Å². The van der Waals surface area contributed by atoms with Crippen molar-refractivity contribution in [3.63, 3.8) is 0 Å². The Morgan fingerprint density at radius 1 is 1.11 bits per heavy atom. The average molecular weight is 401 g/mol. The number of nitrogens with zero attached hydrogens (tertiary/aromatic N) is 3. The van der Waals surface area contributed by atoms with E-state index < -0.39 is 0 Å².